The molecule has 178 valence electrons. The number of carbonyl (C=O) groups is 2. The van der Waals surface area contributed by atoms with E-state index in [1.807, 2.05) is 6.92 Å². The van der Waals surface area contributed by atoms with Gasteiger partial charge < -0.3 is 19.9 Å². The van der Waals surface area contributed by atoms with Crippen LogP contribution in [0.2, 0.25) is 10.0 Å². The number of amides is 2. The van der Waals surface area contributed by atoms with Crippen molar-refractivity contribution in [3.63, 3.8) is 0 Å². The Morgan fingerprint density at radius 3 is 2.59 bits per heavy atom. The van der Waals surface area contributed by atoms with Crippen LogP contribution in [0.1, 0.15) is 29.1 Å². The number of benzene rings is 2. The van der Waals surface area contributed by atoms with Gasteiger partial charge in [0.1, 0.15) is 5.75 Å². The second-order valence-corrected chi connectivity index (χ2v) is 8.91. The number of hydrogen-bond donors (Lipinski definition) is 2. The molecule has 0 aliphatic heterocycles. The molecule has 3 rings (SSSR count). The molecule has 0 fully saturated rings. The Bertz CT molecular complexity index is 1180. The molecule has 2 amide bonds. The fraction of sp³-hybridized carbons (Fsp3) is 0.217. The number of aromatic nitrogens is 3. The summed E-state index contributed by atoms with van der Waals surface area (Å²) in [4.78, 5) is 25.0. The van der Waals surface area contributed by atoms with Crippen LogP contribution >= 0.6 is 35.0 Å². The van der Waals surface area contributed by atoms with E-state index in [4.69, 9.17) is 27.9 Å². The average Bonchev–Trinajstić information content (AvgIpc) is 3.22. The lowest BCUT2D eigenvalue weighted by atomic mass is 10.2. The zero-order chi connectivity index (χ0) is 24.7. The van der Waals surface area contributed by atoms with Gasteiger partial charge in [0.15, 0.2) is 11.0 Å². The third-order valence-corrected chi connectivity index (χ3v) is 6.20. The first-order chi connectivity index (χ1) is 16.3. The van der Waals surface area contributed by atoms with E-state index in [1.54, 1.807) is 60.2 Å². The highest BCUT2D eigenvalue weighted by Crippen LogP contribution is 2.26. The largest absolute Gasteiger partial charge is 0.497 e. The van der Waals surface area contributed by atoms with Gasteiger partial charge >= 0.3 is 0 Å². The van der Waals surface area contributed by atoms with E-state index in [2.05, 4.69) is 27.4 Å². The molecule has 1 aromatic heterocycles. The van der Waals surface area contributed by atoms with Crippen molar-refractivity contribution in [2.24, 2.45) is 0 Å². The van der Waals surface area contributed by atoms with Crippen LogP contribution in [0, 0.1) is 0 Å². The molecule has 0 aliphatic rings. The third kappa shape index (κ3) is 6.53. The molecule has 8 nitrogen and oxygen atoms in total. The first-order valence-corrected chi connectivity index (χ1v) is 11.9. The SMILES string of the molecule is C=CCn1c(SCC(=O)Nc2ccc(Cl)cc2Cl)nnc1[C@H](C)NC(=O)c1ccc(OC)cc1. The summed E-state index contributed by atoms with van der Waals surface area (Å²) in [6, 6.07) is 11.2. The van der Waals surface area contributed by atoms with Gasteiger partial charge in [-0.1, -0.05) is 41.0 Å². The number of nitrogens with one attached hydrogen (secondary N) is 2. The molecule has 0 saturated heterocycles. The van der Waals surface area contributed by atoms with E-state index in [1.165, 1.54) is 11.8 Å². The number of halogens is 2. The molecule has 0 bridgehead atoms. The summed E-state index contributed by atoms with van der Waals surface area (Å²) < 4.78 is 6.93. The van der Waals surface area contributed by atoms with Gasteiger partial charge in [-0.3, -0.25) is 9.59 Å². The van der Waals surface area contributed by atoms with Crippen molar-refractivity contribution >= 4 is 52.5 Å². The van der Waals surface area contributed by atoms with E-state index in [-0.39, 0.29) is 17.6 Å². The van der Waals surface area contributed by atoms with Gasteiger partial charge in [0.25, 0.3) is 5.91 Å². The van der Waals surface area contributed by atoms with Crippen molar-refractivity contribution in [3.05, 3.63) is 76.6 Å². The van der Waals surface area contributed by atoms with Crippen LogP contribution in [-0.4, -0.2) is 39.4 Å². The smallest absolute Gasteiger partial charge is 0.251 e. The van der Waals surface area contributed by atoms with Gasteiger partial charge in [-0.2, -0.15) is 0 Å². The predicted molar refractivity (Wildman–Crippen MR) is 135 cm³/mol. The van der Waals surface area contributed by atoms with Crippen molar-refractivity contribution in [3.8, 4) is 5.75 Å². The minimum atomic E-state index is -0.432. The summed E-state index contributed by atoms with van der Waals surface area (Å²) in [6.07, 6.45) is 1.70. The summed E-state index contributed by atoms with van der Waals surface area (Å²) in [5.74, 6) is 0.784. The number of anilines is 1. The van der Waals surface area contributed by atoms with Crippen LogP contribution in [0.15, 0.2) is 60.3 Å². The highest BCUT2D eigenvalue weighted by molar-refractivity contribution is 7.99. The Hall–Kier alpha value is -3.01. The molecule has 1 atom stereocenters. The number of ether oxygens (including phenoxy) is 1. The molecule has 2 N–H and O–H groups in total. The second kappa shape index (κ2) is 11.9. The van der Waals surface area contributed by atoms with E-state index in [9.17, 15) is 9.59 Å². The summed E-state index contributed by atoms with van der Waals surface area (Å²) in [6.45, 7) is 6.01. The van der Waals surface area contributed by atoms with Crippen molar-refractivity contribution in [2.45, 2.75) is 24.7 Å². The maximum Gasteiger partial charge on any atom is 0.251 e. The summed E-state index contributed by atoms with van der Waals surface area (Å²) in [5, 5.41) is 15.5. The van der Waals surface area contributed by atoms with Gasteiger partial charge in [-0.05, 0) is 49.4 Å². The van der Waals surface area contributed by atoms with Crippen molar-refractivity contribution in [1.82, 2.24) is 20.1 Å². The number of carbonyl (C=O) groups excluding carboxylic acids is 2. The van der Waals surface area contributed by atoms with Crippen molar-refractivity contribution < 1.29 is 14.3 Å². The molecule has 3 aromatic rings. The minimum absolute atomic E-state index is 0.0841. The van der Waals surface area contributed by atoms with Gasteiger partial charge in [-0.15, -0.1) is 16.8 Å². The fourth-order valence-corrected chi connectivity index (χ4v) is 4.23. The first-order valence-electron chi connectivity index (χ1n) is 10.2. The van der Waals surface area contributed by atoms with Crippen LogP contribution in [0.3, 0.4) is 0 Å². The predicted octanol–water partition coefficient (Wildman–Crippen LogP) is 5.00. The maximum atomic E-state index is 12.6. The lowest BCUT2D eigenvalue weighted by Crippen LogP contribution is -2.28. The molecule has 11 heteroatoms. The van der Waals surface area contributed by atoms with Crippen molar-refractivity contribution in [2.75, 3.05) is 18.2 Å². The monoisotopic (exact) mass is 519 g/mol. The van der Waals surface area contributed by atoms with Gasteiger partial charge in [0, 0.05) is 17.1 Å². The van der Waals surface area contributed by atoms with Crippen LogP contribution in [0.25, 0.3) is 0 Å². The Labute approximate surface area is 211 Å². The van der Waals surface area contributed by atoms with Gasteiger partial charge in [0.05, 0.1) is 29.6 Å². The zero-order valence-electron chi connectivity index (χ0n) is 18.5. The Kier molecular flexibility index (Phi) is 8.98. The Balaban J connectivity index is 1.66. The Morgan fingerprint density at radius 2 is 1.94 bits per heavy atom. The number of hydrogen-bond acceptors (Lipinski definition) is 6. The molecule has 0 saturated carbocycles. The number of nitrogens with zero attached hydrogens (tertiary/aromatic N) is 3. The number of allylic oxidation sites excluding steroid dienone is 1. The highest BCUT2D eigenvalue weighted by Gasteiger charge is 2.20. The topological polar surface area (TPSA) is 98.1 Å². The third-order valence-electron chi connectivity index (χ3n) is 4.68. The van der Waals surface area contributed by atoms with Gasteiger partial charge in [-0.25, -0.2) is 0 Å². The lowest BCUT2D eigenvalue weighted by Gasteiger charge is -2.15. The van der Waals surface area contributed by atoms with E-state index in [0.717, 1.165) is 0 Å². The minimum Gasteiger partial charge on any atom is -0.497 e. The van der Waals surface area contributed by atoms with Crippen molar-refractivity contribution in [1.29, 1.82) is 0 Å². The normalized spacial score (nSPS) is 11.5. The number of methoxy groups -OCH3 is 1. The molecule has 1 heterocycles. The number of rotatable bonds is 10. The molecule has 34 heavy (non-hydrogen) atoms. The Morgan fingerprint density at radius 1 is 1.21 bits per heavy atom. The van der Waals surface area contributed by atoms with E-state index >= 15 is 0 Å². The molecule has 0 aliphatic carbocycles. The summed E-state index contributed by atoms with van der Waals surface area (Å²) in [5.41, 5.74) is 0.967. The zero-order valence-corrected chi connectivity index (χ0v) is 20.9. The van der Waals surface area contributed by atoms with Gasteiger partial charge in [0.2, 0.25) is 5.91 Å². The fourth-order valence-electron chi connectivity index (χ4n) is 3.02. The molecule has 0 unspecified atom stereocenters. The average molecular weight is 520 g/mol. The summed E-state index contributed by atoms with van der Waals surface area (Å²) in [7, 11) is 1.57. The van der Waals surface area contributed by atoms with E-state index in [0.29, 0.717) is 44.6 Å². The molecular weight excluding hydrogens is 497 g/mol. The molecule has 0 spiro atoms. The van der Waals surface area contributed by atoms with Crippen LogP contribution in [0.4, 0.5) is 5.69 Å². The molecule has 2 aromatic carbocycles. The standard InChI is InChI=1S/C23H23Cl2N5O3S/c1-4-11-30-21(14(2)26-22(32)15-5-8-17(33-3)9-6-15)28-29-23(30)34-13-20(31)27-19-10-7-16(24)12-18(19)25/h4-10,12,14H,1,11,13H2,2-3H3,(H,26,32)(H,27,31)/t14-/m0/s1. The first kappa shape index (κ1) is 25.6. The van der Waals surface area contributed by atoms with Crippen LogP contribution in [0.5, 0.6) is 5.75 Å². The lowest BCUT2D eigenvalue weighted by molar-refractivity contribution is -0.113. The number of thioether (sulfide) groups is 1. The second-order valence-electron chi connectivity index (χ2n) is 7.12. The molecule has 0 radical (unpaired) electrons. The van der Waals surface area contributed by atoms with E-state index < -0.39 is 6.04 Å². The highest BCUT2D eigenvalue weighted by atomic mass is 35.5. The van der Waals surface area contributed by atoms with Crippen LogP contribution in [-0.2, 0) is 11.3 Å². The van der Waals surface area contributed by atoms with Crippen LogP contribution < -0.4 is 15.4 Å². The quantitative estimate of drug-likeness (QED) is 0.288. The molecular formula is C23H23Cl2N5O3S. The summed E-state index contributed by atoms with van der Waals surface area (Å²) >= 11 is 13.2. The maximum absolute atomic E-state index is 12.6.